The van der Waals surface area contributed by atoms with Crippen LogP contribution in [0.1, 0.15) is 86.5 Å². The van der Waals surface area contributed by atoms with Crippen molar-refractivity contribution in [2.24, 2.45) is 11.8 Å². The maximum absolute atomic E-state index is 3.45. The van der Waals surface area contributed by atoms with Gasteiger partial charge in [-0.15, -0.1) is 24.8 Å². The van der Waals surface area contributed by atoms with Crippen LogP contribution < -0.4 is 0 Å². The fourth-order valence-electron chi connectivity index (χ4n) is 12.0. The monoisotopic (exact) mass is 796 g/mol. The first-order chi connectivity index (χ1) is 23.3. The topological polar surface area (TPSA) is 0 Å². The Morgan fingerprint density at radius 1 is 0.480 bits per heavy atom. The first-order valence-corrected chi connectivity index (χ1v) is 32.7. The van der Waals surface area contributed by atoms with Crippen molar-refractivity contribution in [3.8, 4) is 0 Å². The normalized spacial score (nSPS) is 25.7. The molecule has 0 aromatic heterocycles. The number of hydrogen-bond donors (Lipinski definition) is 0. The predicted octanol–water partition coefficient (Wildman–Crippen LogP) is 12.8. The zero-order chi connectivity index (χ0) is 32.8. The minimum atomic E-state index is -3.45. The summed E-state index contributed by atoms with van der Waals surface area (Å²) in [5.74, 6) is 1.20. The van der Waals surface area contributed by atoms with Crippen LogP contribution in [0.25, 0.3) is 0 Å². The van der Waals surface area contributed by atoms with Crippen LogP contribution in [0.15, 0.2) is 145 Å². The Kier molecular flexibility index (Phi) is 11.2. The van der Waals surface area contributed by atoms with Crippen molar-refractivity contribution in [2.45, 2.75) is 91.6 Å². The Morgan fingerprint density at radius 3 is 1.08 bits per heavy atom. The maximum atomic E-state index is 2.91. The van der Waals surface area contributed by atoms with Crippen molar-refractivity contribution >= 4 is 31.7 Å². The van der Waals surface area contributed by atoms with Crippen LogP contribution >= 0.6 is 24.8 Å². The summed E-state index contributed by atoms with van der Waals surface area (Å²) in [6, 6.07) is 46.7. The predicted molar refractivity (Wildman–Crippen MR) is 219 cm³/mol. The molecule has 4 heteroatoms. The van der Waals surface area contributed by atoms with E-state index in [2.05, 4.69) is 150 Å². The fourth-order valence-corrected chi connectivity index (χ4v) is 30.9. The molecule has 4 aromatic carbocycles. The van der Waals surface area contributed by atoms with E-state index in [0.29, 0.717) is 11.8 Å². The van der Waals surface area contributed by atoms with Crippen LogP contribution in [0, 0.1) is 11.8 Å². The zero-order valence-corrected chi connectivity index (χ0v) is 35.6. The molecule has 4 atom stereocenters. The minimum absolute atomic E-state index is 0. The third kappa shape index (κ3) is 6.07. The molecule has 0 nitrogen and oxygen atoms in total. The molecule has 0 bridgehead atoms. The van der Waals surface area contributed by atoms with E-state index in [1.807, 2.05) is 11.1 Å². The van der Waals surface area contributed by atoms with Gasteiger partial charge in [0.1, 0.15) is 0 Å². The second-order valence-corrected chi connectivity index (χ2v) is 48.0. The molecule has 0 heterocycles. The van der Waals surface area contributed by atoms with Crippen molar-refractivity contribution in [1.29, 1.82) is 0 Å². The molecule has 0 radical (unpaired) electrons. The van der Waals surface area contributed by atoms with E-state index >= 15 is 0 Å². The van der Waals surface area contributed by atoms with Crippen molar-refractivity contribution < 1.29 is 17.4 Å². The molecule has 4 aromatic rings. The van der Waals surface area contributed by atoms with Gasteiger partial charge in [-0.05, 0) is 0 Å². The molecule has 0 spiro atoms. The van der Waals surface area contributed by atoms with E-state index < -0.39 is 17.4 Å². The molecule has 2 fully saturated rings. The Hall–Kier alpha value is -1.96. The number of rotatable bonds is 6. The van der Waals surface area contributed by atoms with E-state index in [1.54, 1.807) is 0 Å². The van der Waals surface area contributed by atoms with Gasteiger partial charge in [0.05, 0.1) is 0 Å². The summed E-state index contributed by atoms with van der Waals surface area (Å²) in [6.07, 6.45) is 18.5. The summed E-state index contributed by atoms with van der Waals surface area (Å²) >= 11 is -3.45. The third-order valence-electron chi connectivity index (χ3n) is 14.0. The number of hydrogen-bond acceptors (Lipinski definition) is 0. The Morgan fingerprint density at radius 2 is 0.780 bits per heavy atom. The zero-order valence-electron chi connectivity index (χ0n) is 30.1. The summed E-state index contributed by atoms with van der Waals surface area (Å²) in [5, 5.41) is 0. The van der Waals surface area contributed by atoms with Gasteiger partial charge >= 0.3 is 295 Å². The van der Waals surface area contributed by atoms with Gasteiger partial charge in [0.15, 0.2) is 0 Å². The Bertz CT molecular complexity index is 1660. The summed E-state index contributed by atoms with van der Waals surface area (Å²) in [6.45, 7) is 2.60. The van der Waals surface area contributed by atoms with E-state index in [9.17, 15) is 0 Å². The quantitative estimate of drug-likeness (QED) is 0.135. The molecule has 0 amide bonds. The summed E-state index contributed by atoms with van der Waals surface area (Å²) in [4.78, 5) is 0. The van der Waals surface area contributed by atoms with Gasteiger partial charge in [0.2, 0.25) is 0 Å². The molecule has 4 unspecified atom stereocenters. The van der Waals surface area contributed by atoms with Crippen LogP contribution in [-0.4, -0.2) is 6.88 Å². The third-order valence-corrected chi connectivity index (χ3v) is 34.2. The van der Waals surface area contributed by atoms with Gasteiger partial charge in [0, 0.05) is 0 Å². The van der Waals surface area contributed by atoms with Gasteiger partial charge in [-0.25, -0.2) is 0 Å². The van der Waals surface area contributed by atoms with E-state index in [4.69, 9.17) is 0 Å². The first kappa shape index (κ1) is 37.8. The van der Waals surface area contributed by atoms with Crippen LogP contribution in [-0.2, 0) is 28.2 Å². The fraction of sp³-hybridized carbons (Fsp3) is 0.391. The molecular formula is C46H56Cl2SiZr. The number of fused-ring (bicyclic) bond motifs is 2. The van der Waals surface area contributed by atoms with Crippen molar-refractivity contribution in [3.05, 3.63) is 167 Å². The molecule has 0 aliphatic heterocycles. The van der Waals surface area contributed by atoms with Crippen molar-refractivity contribution in [3.63, 3.8) is 0 Å². The van der Waals surface area contributed by atoms with Gasteiger partial charge in [0.25, 0.3) is 0 Å². The van der Waals surface area contributed by atoms with Gasteiger partial charge in [-0.1, -0.05) is 0 Å². The molecule has 0 N–H and O–H groups in total. The molecule has 0 saturated heterocycles. The standard InChI is InChI=1S/2C22H23.2CH3.2ClH.H2Si.Zr/c2*1-3-12-19(13-4-1)22(20-14-5-2-6-15-20)17-8-7-10-18-11-9-16-21(18)22;;;;;;/h2*1-6,10-15,21H,7-9,16-17H2;2*1H3;2*1H;1H2;. The molecule has 2 saturated carbocycles. The summed E-state index contributed by atoms with van der Waals surface area (Å²) < 4.78 is 7.40. The summed E-state index contributed by atoms with van der Waals surface area (Å²) in [5.41, 5.74) is 10.0. The van der Waals surface area contributed by atoms with Crippen molar-refractivity contribution in [2.75, 3.05) is 0 Å². The Labute approximate surface area is 317 Å². The SMILES string of the molecule is Cl.Cl.[CH3][Zr]([CH3])(=[SiH2])([CH]1CCC2C1=CCCCC2(c1ccccc1)c1ccccc1)[CH]1CCC2C1=CCCCC2(c1ccccc1)c1ccccc1. The number of benzene rings is 4. The van der Waals surface area contributed by atoms with Crippen LogP contribution in [0.2, 0.25) is 16.5 Å². The van der Waals surface area contributed by atoms with Crippen LogP contribution in [0.4, 0.5) is 0 Å². The molecule has 4 aliphatic rings. The molecule has 8 rings (SSSR count). The van der Waals surface area contributed by atoms with Crippen LogP contribution in [0.3, 0.4) is 0 Å². The molecular weight excluding hydrogens is 743 g/mol. The van der Waals surface area contributed by atoms with E-state index in [0.717, 1.165) is 7.25 Å². The average molecular weight is 799 g/mol. The second kappa shape index (κ2) is 14.8. The average Bonchev–Trinajstić information content (AvgIpc) is 3.67. The first-order valence-electron chi connectivity index (χ1n) is 19.0. The summed E-state index contributed by atoms with van der Waals surface area (Å²) in [7, 11) is 0. The van der Waals surface area contributed by atoms with Gasteiger partial charge in [-0.3, -0.25) is 0 Å². The number of allylic oxidation sites excluding steroid dienone is 4. The van der Waals surface area contributed by atoms with Crippen LogP contribution in [0.5, 0.6) is 0 Å². The second-order valence-electron chi connectivity index (χ2n) is 16.9. The van der Waals surface area contributed by atoms with Gasteiger partial charge < -0.3 is 0 Å². The molecule has 4 aliphatic carbocycles. The molecule has 262 valence electrons. The van der Waals surface area contributed by atoms with E-state index in [1.165, 1.54) is 86.5 Å². The van der Waals surface area contributed by atoms with Gasteiger partial charge in [-0.2, -0.15) is 0 Å². The van der Waals surface area contributed by atoms with Crippen molar-refractivity contribution in [1.82, 2.24) is 0 Å². The number of halogens is 2. The Balaban J connectivity index is 0.00000216. The van der Waals surface area contributed by atoms with E-state index in [-0.39, 0.29) is 35.6 Å². The molecule has 50 heavy (non-hydrogen) atoms.